The molecule has 0 spiro atoms. The van der Waals surface area contributed by atoms with Gasteiger partial charge in [-0.15, -0.1) is 5.10 Å². The van der Waals surface area contributed by atoms with Crippen molar-refractivity contribution in [1.82, 2.24) is 10.2 Å². The molecular weight excluding hydrogens is 291 g/mol. The van der Waals surface area contributed by atoms with Crippen LogP contribution in [0.4, 0.5) is 13.2 Å². The Morgan fingerprint density at radius 2 is 2.05 bits per heavy atom. The van der Waals surface area contributed by atoms with E-state index in [1.54, 1.807) is 13.0 Å². The molecule has 0 saturated heterocycles. The van der Waals surface area contributed by atoms with E-state index in [2.05, 4.69) is 22.4 Å². The summed E-state index contributed by atoms with van der Waals surface area (Å²) in [5.74, 6) is 0.420. The van der Waals surface area contributed by atoms with Gasteiger partial charge < -0.3 is 10.5 Å². The molecule has 0 radical (unpaired) electrons. The van der Waals surface area contributed by atoms with Crippen LogP contribution in [-0.2, 0) is 6.18 Å². The molecule has 2 rings (SSSR count). The molecule has 0 atom stereocenters. The molecule has 0 aliphatic carbocycles. The fourth-order valence-corrected chi connectivity index (χ4v) is 1.77. The van der Waals surface area contributed by atoms with E-state index in [-0.39, 0.29) is 22.2 Å². The van der Waals surface area contributed by atoms with Crippen molar-refractivity contribution in [2.75, 3.05) is 0 Å². The first-order chi connectivity index (χ1) is 9.27. The molecule has 0 aliphatic heterocycles. The van der Waals surface area contributed by atoms with Crippen LogP contribution in [0.3, 0.4) is 0 Å². The van der Waals surface area contributed by atoms with Gasteiger partial charge in [0.05, 0.1) is 5.56 Å². The van der Waals surface area contributed by atoms with Gasteiger partial charge >= 0.3 is 6.18 Å². The molecule has 1 aromatic carbocycles. The average molecular weight is 301 g/mol. The summed E-state index contributed by atoms with van der Waals surface area (Å²) in [5.41, 5.74) is 4.92. The first-order valence-corrected chi connectivity index (χ1v) is 5.89. The summed E-state index contributed by atoms with van der Waals surface area (Å²) in [6, 6.07) is 4.82. The average Bonchev–Trinajstić information content (AvgIpc) is 2.73. The van der Waals surface area contributed by atoms with Crippen molar-refractivity contribution >= 4 is 17.2 Å². The van der Waals surface area contributed by atoms with Crippen LogP contribution in [0.1, 0.15) is 16.8 Å². The molecule has 0 saturated carbocycles. The number of halogens is 3. The molecular formula is C12H10F3N3OS. The topological polar surface area (TPSA) is 63.9 Å². The molecule has 0 unspecified atom stereocenters. The SMILES string of the molecule is Cc1cc(Oc2ccc(C(F)(F)F)c(C(N)=S)c2)n[nH]1. The molecule has 4 nitrogen and oxygen atoms in total. The minimum Gasteiger partial charge on any atom is -0.438 e. The van der Waals surface area contributed by atoms with Gasteiger partial charge in [-0.25, -0.2) is 0 Å². The van der Waals surface area contributed by atoms with Crippen LogP contribution in [0.2, 0.25) is 0 Å². The number of aromatic nitrogens is 2. The number of aromatic amines is 1. The lowest BCUT2D eigenvalue weighted by Crippen LogP contribution is -2.17. The fraction of sp³-hybridized carbons (Fsp3) is 0.167. The third-order valence-corrected chi connectivity index (χ3v) is 2.69. The third-order valence-electron chi connectivity index (χ3n) is 2.47. The predicted octanol–water partition coefficient (Wildman–Crippen LogP) is 3.16. The lowest BCUT2D eigenvalue weighted by Gasteiger charge is -2.13. The van der Waals surface area contributed by atoms with E-state index in [1.165, 1.54) is 6.07 Å². The fourth-order valence-electron chi connectivity index (χ4n) is 1.60. The lowest BCUT2D eigenvalue weighted by molar-refractivity contribution is -0.137. The minimum absolute atomic E-state index is 0.173. The van der Waals surface area contributed by atoms with Gasteiger partial charge in [0, 0.05) is 17.3 Å². The molecule has 0 amide bonds. The molecule has 106 valence electrons. The van der Waals surface area contributed by atoms with Gasteiger partial charge in [0.1, 0.15) is 10.7 Å². The Labute approximate surface area is 117 Å². The van der Waals surface area contributed by atoms with Crippen LogP contribution < -0.4 is 10.5 Å². The molecule has 0 fully saturated rings. The van der Waals surface area contributed by atoms with Gasteiger partial charge in [-0.3, -0.25) is 5.10 Å². The zero-order valence-electron chi connectivity index (χ0n) is 10.3. The summed E-state index contributed by atoms with van der Waals surface area (Å²) < 4.78 is 43.7. The summed E-state index contributed by atoms with van der Waals surface area (Å²) >= 11 is 4.65. The summed E-state index contributed by atoms with van der Waals surface area (Å²) in [5, 5.41) is 6.48. The highest BCUT2D eigenvalue weighted by molar-refractivity contribution is 7.80. The number of H-pyrrole nitrogens is 1. The largest absolute Gasteiger partial charge is 0.438 e. The summed E-state index contributed by atoms with van der Waals surface area (Å²) in [7, 11) is 0. The van der Waals surface area contributed by atoms with Gasteiger partial charge in [0.15, 0.2) is 0 Å². The van der Waals surface area contributed by atoms with E-state index in [4.69, 9.17) is 10.5 Å². The Balaban J connectivity index is 2.38. The van der Waals surface area contributed by atoms with Gasteiger partial charge in [-0.05, 0) is 25.1 Å². The van der Waals surface area contributed by atoms with Crippen molar-refractivity contribution in [3.63, 3.8) is 0 Å². The lowest BCUT2D eigenvalue weighted by atomic mass is 10.1. The number of nitrogens with zero attached hydrogens (tertiary/aromatic N) is 1. The van der Waals surface area contributed by atoms with Gasteiger partial charge in [0.25, 0.3) is 0 Å². The second-order valence-corrected chi connectivity index (χ2v) is 4.50. The number of nitrogens with one attached hydrogen (secondary N) is 1. The standard InChI is InChI=1S/C12H10F3N3OS/c1-6-4-10(18-17-6)19-7-2-3-9(12(13,14)15)8(5-7)11(16)20/h2-5H,1H3,(H2,16,20)(H,17,18). The van der Waals surface area contributed by atoms with Gasteiger partial charge in [-0.2, -0.15) is 13.2 Å². The highest BCUT2D eigenvalue weighted by Crippen LogP contribution is 2.34. The number of hydrogen-bond donors (Lipinski definition) is 2. The smallest absolute Gasteiger partial charge is 0.417 e. The van der Waals surface area contributed by atoms with Crippen LogP contribution in [0.25, 0.3) is 0 Å². The molecule has 1 aromatic heterocycles. The van der Waals surface area contributed by atoms with Crippen LogP contribution in [0.5, 0.6) is 11.6 Å². The zero-order chi connectivity index (χ0) is 14.9. The van der Waals surface area contributed by atoms with E-state index in [9.17, 15) is 13.2 Å². The number of thiocarbonyl (C=S) groups is 1. The third kappa shape index (κ3) is 3.08. The Hall–Kier alpha value is -2.09. The molecule has 1 heterocycles. The van der Waals surface area contributed by atoms with Crippen molar-refractivity contribution in [1.29, 1.82) is 0 Å². The highest BCUT2D eigenvalue weighted by Gasteiger charge is 2.34. The highest BCUT2D eigenvalue weighted by atomic mass is 32.1. The van der Waals surface area contributed by atoms with Crippen molar-refractivity contribution in [2.24, 2.45) is 5.73 Å². The van der Waals surface area contributed by atoms with E-state index < -0.39 is 11.7 Å². The molecule has 3 N–H and O–H groups in total. The van der Waals surface area contributed by atoms with Crippen molar-refractivity contribution in [3.8, 4) is 11.6 Å². The van der Waals surface area contributed by atoms with Crippen molar-refractivity contribution < 1.29 is 17.9 Å². The number of nitrogens with two attached hydrogens (primary N) is 1. The maximum atomic E-state index is 12.8. The summed E-state index contributed by atoms with van der Waals surface area (Å²) in [6.07, 6.45) is -4.53. The van der Waals surface area contributed by atoms with E-state index in [1.807, 2.05) is 0 Å². The zero-order valence-corrected chi connectivity index (χ0v) is 11.1. The maximum Gasteiger partial charge on any atom is 0.417 e. The number of ether oxygens (including phenoxy) is 1. The summed E-state index contributed by atoms with van der Waals surface area (Å²) in [4.78, 5) is -0.346. The Bertz CT molecular complexity index is 652. The second-order valence-electron chi connectivity index (χ2n) is 4.06. The number of alkyl halides is 3. The van der Waals surface area contributed by atoms with E-state index >= 15 is 0 Å². The summed E-state index contributed by atoms with van der Waals surface area (Å²) in [6.45, 7) is 1.77. The molecule has 20 heavy (non-hydrogen) atoms. The predicted molar refractivity (Wildman–Crippen MR) is 70.7 cm³/mol. The Morgan fingerprint density at radius 3 is 2.55 bits per heavy atom. The second kappa shape index (κ2) is 5.12. The molecule has 8 heteroatoms. The number of aryl methyl sites for hydroxylation is 1. The first-order valence-electron chi connectivity index (χ1n) is 5.48. The number of benzene rings is 1. The Morgan fingerprint density at radius 1 is 1.35 bits per heavy atom. The van der Waals surface area contributed by atoms with Crippen LogP contribution >= 0.6 is 12.2 Å². The molecule has 0 aliphatic rings. The normalized spacial score (nSPS) is 11.4. The van der Waals surface area contributed by atoms with E-state index in [0.29, 0.717) is 0 Å². The quantitative estimate of drug-likeness (QED) is 0.855. The maximum absolute atomic E-state index is 12.8. The first kappa shape index (κ1) is 14.3. The van der Waals surface area contributed by atoms with E-state index in [0.717, 1.165) is 17.8 Å². The molecule has 0 bridgehead atoms. The minimum atomic E-state index is -4.53. The Kier molecular flexibility index (Phi) is 3.67. The van der Waals surface area contributed by atoms with Gasteiger partial charge in [-0.1, -0.05) is 12.2 Å². The van der Waals surface area contributed by atoms with Crippen LogP contribution in [0, 0.1) is 6.92 Å². The molecule has 2 aromatic rings. The van der Waals surface area contributed by atoms with Crippen LogP contribution in [-0.4, -0.2) is 15.2 Å². The number of rotatable bonds is 3. The monoisotopic (exact) mass is 301 g/mol. The van der Waals surface area contributed by atoms with Crippen molar-refractivity contribution in [2.45, 2.75) is 13.1 Å². The van der Waals surface area contributed by atoms with Crippen LogP contribution in [0.15, 0.2) is 24.3 Å². The van der Waals surface area contributed by atoms with Gasteiger partial charge in [0.2, 0.25) is 5.88 Å². The number of hydrogen-bond acceptors (Lipinski definition) is 3. The van der Waals surface area contributed by atoms with Crippen molar-refractivity contribution in [3.05, 3.63) is 41.1 Å².